The van der Waals surface area contributed by atoms with Gasteiger partial charge < -0.3 is 32.8 Å². The van der Waals surface area contributed by atoms with E-state index in [9.17, 15) is 0 Å². The molecule has 0 aromatic carbocycles. The molecule has 0 heterocycles. The van der Waals surface area contributed by atoms with Crippen LogP contribution >= 0.6 is 0 Å². The van der Waals surface area contributed by atoms with Crippen molar-refractivity contribution in [2.24, 2.45) is 0 Å². The fourth-order valence-corrected chi connectivity index (χ4v) is 4.36. The Kier molecular flexibility index (Phi) is 55.8. The minimum Gasteiger partial charge on any atom is -0.759 e. The topological polar surface area (TPSA) is 126 Å². The van der Waals surface area contributed by atoms with Gasteiger partial charge in [0.05, 0.1) is 52.9 Å². The van der Waals surface area contributed by atoms with Crippen LogP contribution in [0.25, 0.3) is 0 Å². The Morgan fingerprint density at radius 3 is 0.705 bits per heavy atom. The summed E-state index contributed by atoms with van der Waals surface area (Å²) in [5, 5.41) is 0. The molecule has 0 aromatic rings. The summed E-state index contributed by atoms with van der Waals surface area (Å²) < 4.78 is 62.0. The van der Waals surface area contributed by atoms with Gasteiger partial charge in [-0.1, -0.05) is 129 Å². The SMILES string of the molecule is CCCCCCCCCCCCOCCOCCOCCOCCOCCCCCCCCCCCC.O=S(=O)([O-])[O-].[Na+].[Na+]. The molecule has 0 N–H and O–H groups in total. The van der Waals surface area contributed by atoms with Gasteiger partial charge in [0.1, 0.15) is 0 Å². The first kappa shape index (κ1) is 52.5. The summed E-state index contributed by atoms with van der Waals surface area (Å²) in [4.78, 5) is 0. The van der Waals surface area contributed by atoms with Gasteiger partial charge in [-0.05, 0) is 12.8 Å². The maximum Gasteiger partial charge on any atom is 1.00 e. The third-order valence-corrected chi connectivity index (χ3v) is 6.77. The molecule has 0 saturated carbocycles. The smallest absolute Gasteiger partial charge is 0.759 e. The number of unbranched alkanes of at least 4 members (excludes halogenated alkanes) is 18. The Labute approximate surface area is 316 Å². The first-order valence-corrected chi connectivity index (χ1v) is 18.3. The van der Waals surface area contributed by atoms with Gasteiger partial charge in [-0.15, -0.1) is 0 Å². The molecule has 0 spiro atoms. The molecule has 0 aromatic heterocycles. The molecule has 0 bridgehead atoms. The molecular formula is C32H66Na2O9S. The molecule has 0 fully saturated rings. The Morgan fingerprint density at radius 2 is 0.500 bits per heavy atom. The second-order valence-electron chi connectivity index (χ2n) is 10.8. The van der Waals surface area contributed by atoms with Crippen LogP contribution < -0.4 is 59.1 Å². The second kappa shape index (κ2) is 46.8. The quantitative estimate of drug-likeness (QED) is 0.0434. The van der Waals surface area contributed by atoms with Crippen molar-refractivity contribution in [3.8, 4) is 0 Å². The van der Waals surface area contributed by atoms with Crippen LogP contribution in [0.15, 0.2) is 0 Å². The standard InChI is InChI=1S/C32H66O5.2Na.H2O4S/c1-3-5-7-9-11-13-15-17-19-21-23-33-25-27-35-29-31-37-32-30-36-28-26-34-24-22-20-18-16-14-12-10-8-6-4-2;;;1-5(2,3)4/h3-32H2,1-2H3;;;(H2,1,2,3,4)/q;2*+1;/p-2. The van der Waals surface area contributed by atoms with Crippen LogP contribution in [-0.2, 0) is 34.1 Å². The Balaban J connectivity index is -0.00000105. The van der Waals surface area contributed by atoms with Gasteiger partial charge in [0.25, 0.3) is 0 Å². The van der Waals surface area contributed by atoms with E-state index < -0.39 is 10.4 Å². The van der Waals surface area contributed by atoms with Gasteiger partial charge in [0.15, 0.2) is 0 Å². The Morgan fingerprint density at radius 1 is 0.341 bits per heavy atom. The van der Waals surface area contributed by atoms with Crippen LogP contribution in [0.1, 0.15) is 142 Å². The molecule has 0 radical (unpaired) electrons. The van der Waals surface area contributed by atoms with E-state index in [1.54, 1.807) is 0 Å². The third-order valence-electron chi connectivity index (χ3n) is 6.77. The van der Waals surface area contributed by atoms with Crippen LogP contribution in [0.3, 0.4) is 0 Å². The second-order valence-corrected chi connectivity index (χ2v) is 11.7. The summed E-state index contributed by atoms with van der Waals surface area (Å²) in [6.45, 7) is 11.4. The van der Waals surface area contributed by atoms with E-state index in [0.717, 1.165) is 13.2 Å². The molecule has 0 aliphatic heterocycles. The molecule has 0 aliphatic rings. The van der Waals surface area contributed by atoms with E-state index in [-0.39, 0.29) is 59.1 Å². The summed E-state index contributed by atoms with van der Waals surface area (Å²) in [6, 6.07) is 0. The van der Waals surface area contributed by atoms with Crippen molar-refractivity contribution in [2.45, 2.75) is 142 Å². The monoisotopic (exact) mass is 672 g/mol. The zero-order valence-corrected chi connectivity index (χ0v) is 34.1. The van der Waals surface area contributed by atoms with Crippen molar-refractivity contribution in [3.63, 3.8) is 0 Å². The zero-order valence-electron chi connectivity index (χ0n) is 29.3. The molecule has 9 nitrogen and oxygen atoms in total. The molecule has 12 heteroatoms. The van der Waals surface area contributed by atoms with E-state index in [2.05, 4.69) is 13.8 Å². The van der Waals surface area contributed by atoms with Crippen LogP contribution in [0.5, 0.6) is 0 Å². The van der Waals surface area contributed by atoms with Crippen LogP contribution in [0, 0.1) is 0 Å². The van der Waals surface area contributed by atoms with E-state index in [1.807, 2.05) is 0 Å². The van der Waals surface area contributed by atoms with Gasteiger partial charge in [-0.25, -0.2) is 0 Å². The van der Waals surface area contributed by atoms with Crippen molar-refractivity contribution in [3.05, 3.63) is 0 Å². The van der Waals surface area contributed by atoms with Crippen LogP contribution in [-0.4, -0.2) is 83.6 Å². The first-order chi connectivity index (χ1) is 20.4. The average Bonchev–Trinajstić information content (AvgIpc) is 2.94. The maximum atomic E-state index is 8.52. The maximum absolute atomic E-state index is 8.52. The van der Waals surface area contributed by atoms with Gasteiger partial charge in [-0.2, -0.15) is 0 Å². The molecule has 44 heavy (non-hydrogen) atoms. The Hall–Kier alpha value is 1.67. The summed E-state index contributed by atoms with van der Waals surface area (Å²) >= 11 is 0. The molecule has 0 amide bonds. The van der Waals surface area contributed by atoms with E-state index >= 15 is 0 Å². The largest absolute Gasteiger partial charge is 1.00 e. The fourth-order valence-electron chi connectivity index (χ4n) is 4.36. The van der Waals surface area contributed by atoms with Crippen molar-refractivity contribution in [1.82, 2.24) is 0 Å². The molecule has 0 aliphatic carbocycles. The van der Waals surface area contributed by atoms with Crippen molar-refractivity contribution < 1.29 is 100 Å². The van der Waals surface area contributed by atoms with Gasteiger partial charge in [0.2, 0.25) is 0 Å². The van der Waals surface area contributed by atoms with Crippen molar-refractivity contribution >= 4 is 10.4 Å². The summed E-state index contributed by atoms with van der Waals surface area (Å²) in [7, 11) is -5.17. The van der Waals surface area contributed by atoms with Gasteiger partial charge in [-0.3, -0.25) is 8.42 Å². The van der Waals surface area contributed by atoms with Gasteiger partial charge in [0, 0.05) is 23.6 Å². The number of hydrogen-bond donors (Lipinski definition) is 0. The summed E-state index contributed by atoms with van der Waals surface area (Å²) in [5.41, 5.74) is 0. The van der Waals surface area contributed by atoms with E-state index in [0.29, 0.717) is 52.9 Å². The predicted molar refractivity (Wildman–Crippen MR) is 168 cm³/mol. The number of rotatable bonds is 34. The number of hydrogen-bond acceptors (Lipinski definition) is 9. The molecule has 0 rings (SSSR count). The number of ether oxygens (including phenoxy) is 5. The summed E-state index contributed by atoms with van der Waals surface area (Å²) in [5.74, 6) is 0. The molecule has 0 atom stereocenters. The van der Waals surface area contributed by atoms with Gasteiger partial charge >= 0.3 is 59.1 Å². The first-order valence-electron chi connectivity index (χ1n) is 17.0. The minimum atomic E-state index is -5.17. The van der Waals surface area contributed by atoms with E-state index in [4.69, 9.17) is 41.2 Å². The third kappa shape index (κ3) is 62.5. The average molecular weight is 673 g/mol. The molecular weight excluding hydrogens is 606 g/mol. The predicted octanol–water partition coefficient (Wildman–Crippen LogP) is 1.58. The zero-order chi connectivity index (χ0) is 31.2. The Bertz CT molecular complexity index is 546. The summed E-state index contributed by atoms with van der Waals surface area (Å²) in [6.07, 6.45) is 27.2. The molecule has 256 valence electrons. The van der Waals surface area contributed by atoms with Crippen molar-refractivity contribution in [1.29, 1.82) is 0 Å². The van der Waals surface area contributed by atoms with Crippen molar-refractivity contribution in [2.75, 3.05) is 66.1 Å². The normalized spacial score (nSPS) is 11.0. The van der Waals surface area contributed by atoms with E-state index in [1.165, 1.54) is 128 Å². The molecule has 0 unspecified atom stereocenters. The molecule has 0 saturated heterocycles. The fraction of sp³-hybridized carbons (Fsp3) is 1.00. The minimum absolute atomic E-state index is 0. The van der Waals surface area contributed by atoms with Crippen LogP contribution in [0.2, 0.25) is 0 Å². The van der Waals surface area contributed by atoms with Crippen LogP contribution in [0.4, 0.5) is 0 Å².